The van der Waals surface area contributed by atoms with Gasteiger partial charge < -0.3 is 10.6 Å². The highest BCUT2D eigenvalue weighted by molar-refractivity contribution is 6.30. The van der Waals surface area contributed by atoms with Gasteiger partial charge in [-0.1, -0.05) is 41.9 Å². The zero-order valence-corrected chi connectivity index (χ0v) is 19.4. The summed E-state index contributed by atoms with van der Waals surface area (Å²) >= 11 is 6.10. The summed E-state index contributed by atoms with van der Waals surface area (Å²) < 4.78 is 1.82. The van der Waals surface area contributed by atoms with Gasteiger partial charge in [-0.15, -0.1) is 0 Å². The molecule has 0 unspecified atom stereocenters. The Bertz CT molecular complexity index is 1290. The van der Waals surface area contributed by atoms with E-state index in [4.69, 9.17) is 17.3 Å². The molecule has 2 aromatic heterocycles. The number of likely N-dealkylation sites (tertiary alicyclic amines) is 1. The molecule has 0 aliphatic carbocycles. The van der Waals surface area contributed by atoms with Gasteiger partial charge in [-0.05, 0) is 54.7 Å². The number of halogens is 1. The van der Waals surface area contributed by atoms with E-state index < -0.39 is 0 Å². The van der Waals surface area contributed by atoms with Crippen LogP contribution in [0.2, 0.25) is 5.02 Å². The van der Waals surface area contributed by atoms with Crippen LogP contribution in [0.4, 0.5) is 5.95 Å². The lowest BCUT2D eigenvalue weighted by Crippen LogP contribution is -2.39. The van der Waals surface area contributed by atoms with E-state index in [1.165, 1.54) is 0 Å². The Balaban J connectivity index is 1.53. The van der Waals surface area contributed by atoms with Crippen molar-refractivity contribution in [3.05, 3.63) is 95.0 Å². The second kappa shape index (κ2) is 9.65. The molecule has 2 aromatic carbocycles. The van der Waals surface area contributed by atoms with Crippen LogP contribution in [-0.4, -0.2) is 37.1 Å². The van der Waals surface area contributed by atoms with Crippen LogP contribution >= 0.6 is 11.6 Å². The van der Waals surface area contributed by atoms with Gasteiger partial charge in [0.2, 0.25) is 5.95 Å². The average Bonchev–Trinajstić information content (AvgIpc) is 3.38. The van der Waals surface area contributed by atoms with E-state index in [9.17, 15) is 4.79 Å². The molecule has 3 heterocycles. The SMILES string of the molecule is Nc1ncc(-c2ccc(Cl)cc2)c([C@H]2CCCCN2C(=O)c2ccccc2Cn2cccn2)n1. The molecular formula is C26H25ClN6O. The lowest BCUT2D eigenvalue weighted by atomic mass is 9.92. The number of carbonyl (C=O) groups excluding carboxylic acids is 1. The number of rotatable bonds is 5. The fourth-order valence-electron chi connectivity index (χ4n) is 4.56. The largest absolute Gasteiger partial charge is 0.368 e. The van der Waals surface area contributed by atoms with Crippen LogP contribution in [0.25, 0.3) is 11.1 Å². The van der Waals surface area contributed by atoms with Crippen molar-refractivity contribution in [3.8, 4) is 11.1 Å². The van der Waals surface area contributed by atoms with E-state index in [2.05, 4.69) is 15.1 Å². The zero-order chi connectivity index (χ0) is 23.5. The number of piperidine rings is 1. The van der Waals surface area contributed by atoms with E-state index in [-0.39, 0.29) is 17.9 Å². The van der Waals surface area contributed by atoms with Crippen molar-refractivity contribution in [2.75, 3.05) is 12.3 Å². The molecule has 1 saturated heterocycles. The number of hydrogen-bond donors (Lipinski definition) is 1. The molecular weight excluding hydrogens is 448 g/mol. The van der Waals surface area contributed by atoms with Crippen LogP contribution < -0.4 is 5.73 Å². The summed E-state index contributed by atoms with van der Waals surface area (Å²) in [6.07, 6.45) is 8.14. The van der Waals surface area contributed by atoms with Gasteiger partial charge in [0, 0.05) is 41.3 Å². The number of nitrogens with zero attached hydrogens (tertiary/aromatic N) is 5. The summed E-state index contributed by atoms with van der Waals surface area (Å²) in [5, 5.41) is 4.96. The normalized spacial score (nSPS) is 15.9. The number of anilines is 1. The lowest BCUT2D eigenvalue weighted by Gasteiger charge is -2.36. The second-order valence-corrected chi connectivity index (χ2v) is 8.84. The third-order valence-electron chi connectivity index (χ3n) is 6.21. The Hall–Kier alpha value is -3.71. The Labute approximate surface area is 203 Å². The van der Waals surface area contributed by atoms with Gasteiger partial charge >= 0.3 is 0 Å². The second-order valence-electron chi connectivity index (χ2n) is 8.40. The zero-order valence-electron chi connectivity index (χ0n) is 18.6. The predicted octanol–water partition coefficient (Wildman–Crippen LogP) is 4.99. The summed E-state index contributed by atoms with van der Waals surface area (Å²) in [5.74, 6) is 0.191. The first-order valence-corrected chi connectivity index (χ1v) is 11.7. The number of benzene rings is 2. The van der Waals surface area contributed by atoms with Gasteiger partial charge in [0.1, 0.15) is 0 Å². The van der Waals surface area contributed by atoms with Crippen LogP contribution in [-0.2, 0) is 6.54 Å². The van der Waals surface area contributed by atoms with E-state index in [1.54, 1.807) is 12.4 Å². The highest BCUT2D eigenvalue weighted by Crippen LogP contribution is 2.37. The molecule has 0 radical (unpaired) electrons. The topological polar surface area (TPSA) is 89.9 Å². The molecule has 7 nitrogen and oxygen atoms in total. The Morgan fingerprint density at radius 1 is 1.09 bits per heavy atom. The van der Waals surface area contributed by atoms with E-state index >= 15 is 0 Å². The molecule has 8 heteroatoms. The number of nitrogen functional groups attached to an aromatic ring is 1. The van der Waals surface area contributed by atoms with Crippen LogP contribution in [0.3, 0.4) is 0 Å². The minimum Gasteiger partial charge on any atom is -0.368 e. The maximum absolute atomic E-state index is 13.9. The fraction of sp³-hybridized carbons (Fsp3) is 0.231. The van der Waals surface area contributed by atoms with Crippen molar-refractivity contribution >= 4 is 23.5 Å². The van der Waals surface area contributed by atoms with Gasteiger partial charge in [-0.2, -0.15) is 5.10 Å². The molecule has 4 aromatic rings. The summed E-state index contributed by atoms with van der Waals surface area (Å²) in [4.78, 5) is 24.7. The Morgan fingerprint density at radius 3 is 2.71 bits per heavy atom. The minimum absolute atomic E-state index is 0.00769. The molecule has 0 bridgehead atoms. The van der Waals surface area contributed by atoms with E-state index in [0.29, 0.717) is 23.7 Å². The Morgan fingerprint density at radius 2 is 1.91 bits per heavy atom. The molecule has 5 rings (SSSR count). The molecule has 172 valence electrons. The number of hydrogen-bond acceptors (Lipinski definition) is 5. The van der Waals surface area contributed by atoms with Crippen LogP contribution in [0.15, 0.2) is 73.2 Å². The highest BCUT2D eigenvalue weighted by atomic mass is 35.5. The quantitative estimate of drug-likeness (QED) is 0.442. The first-order valence-electron chi connectivity index (χ1n) is 11.3. The number of carbonyl (C=O) groups is 1. The first-order chi connectivity index (χ1) is 16.6. The first kappa shape index (κ1) is 22.1. The van der Waals surface area contributed by atoms with Gasteiger partial charge in [0.15, 0.2) is 0 Å². The average molecular weight is 473 g/mol. The van der Waals surface area contributed by atoms with Gasteiger partial charge in [0.25, 0.3) is 5.91 Å². The Kier molecular flexibility index (Phi) is 6.27. The number of amides is 1. The smallest absolute Gasteiger partial charge is 0.254 e. The van der Waals surface area contributed by atoms with E-state index in [0.717, 1.165) is 41.6 Å². The van der Waals surface area contributed by atoms with Crippen molar-refractivity contribution < 1.29 is 4.79 Å². The van der Waals surface area contributed by atoms with E-state index in [1.807, 2.05) is 70.4 Å². The molecule has 2 N–H and O–H groups in total. The third-order valence-corrected chi connectivity index (χ3v) is 6.46. The summed E-state index contributed by atoms with van der Waals surface area (Å²) in [7, 11) is 0. The number of nitrogens with two attached hydrogens (primary N) is 1. The maximum Gasteiger partial charge on any atom is 0.254 e. The molecule has 1 aliphatic heterocycles. The van der Waals surface area contributed by atoms with Crippen molar-refractivity contribution in [1.82, 2.24) is 24.6 Å². The van der Waals surface area contributed by atoms with Gasteiger partial charge in [0.05, 0.1) is 18.3 Å². The molecule has 0 saturated carbocycles. The molecule has 1 amide bonds. The van der Waals surface area contributed by atoms with Crippen LogP contribution in [0.5, 0.6) is 0 Å². The predicted molar refractivity (Wildman–Crippen MR) is 132 cm³/mol. The standard InChI is InChI=1S/C26H25ClN6O/c27-20-11-9-18(10-12-20)22-16-29-26(28)31-24(22)23-8-3-4-15-33(23)25(34)21-7-2-1-6-19(21)17-32-14-5-13-30-32/h1-2,5-7,9-14,16,23H,3-4,8,15,17H2,(H2,28,29,31)/t23-/m1/s1. The molecule has 34 heavy (non-hydrogen) atoms. The maximum atomic E-state index is 13.9. The van der Waals surface area contributed by atoms with Gasteiger partial charge in [-0.3, -0.25) is 9.48 Å². The molecule has 0 spiro atoms. The highest BCUT2D eigenvalue weighted by Gasteiger charge is 2.32. The summed E-state index contributed by atoms with van der Waals surface area (Å²) in [6, 6.07) is 17.0. The van der Waals surface area contributed by atoms with Gasteiger partial charge in [-0.25, -0.2) is 9.97 Å². The fourth-order valence-corrected chi connectivity index (χ4v) is 4.69. The third kappa shape index (κ3) is 4.52. The van der Waals surface area contributed by atoms with Crippen molar-refractivity contribution in [2.24, 2.45) is 0 Å². The molecule has 1 atom stereocenters. The van der Waals surface area contributed by atoms with Crippen molar-refractivity contribution in [3.63, 3.8) is 0 Å². The number of aromatic nitrogens is 4. The van der Waals surface area contributed by atoms with Crippen molar-refractivity contribution in [1.29, 1.82) is 0 Å². The monoisotopic (exact) mass is 472 g/mol. The van der Waals surface area contributed by atoms with Crippen LogP contribution in [0.1, 0.15) is 46.9 Å². The minimum atomic E-state index is -0.199. The molecule has 1 fully saturated rings. The van der Waals surface area contributed by atoms with Crippen molar-refractivity contribution in [2.45, 2.75) is 31.8 Å². The lowest BCUT2D eigenvalue weighted by molar-refractivity contribution is 0.0605. The summed E-state index contributed by atoms with van der Waals surface area (Å²) in [6.45, 7) is 1.19. The molecule has 1 aliphatic rings. The summed E-state index contributed by atoms with van der Waals surface area (Å²) in [5.41, 5.74) is 10.2. The van der Waals surface area contributed by atoms with Crippen LogP contribution in [0, 0.1) is 0 Å².